The highest BCUT2D eigenvalue weighted by Crippen LogP contribution is 2.04. The van der Waals surface area contributed by atoms with Crippen LogP contribution in [0.5, 0.6) is 0 Å². The van der Waals surface area contributed by atoms with Gasteiger partial charge in [0.25, 0.3) is 0 Å². The van der Waals surface area contributed by atoms with E-state index in [1.807, 2.05) is 0 Å². The number of rotatable bonds is 10. The van der Waals surface area contributed by atoms with Gasteiger partial charge < -0.3 is 5.73 Å². The summed E-state index contributed by atoms with van der Waals surface area (Å²) in [5.41, 5.74) is 5.42. The molecule has 0 heterocycles. The van der Waals surface area contributed by atoms with Crippen LogP contribution in [0.2, 0.25) is 0 Å². The summed E-state index contributed by atoms with van der Waals surface area (Å²) >= 11 is 0. The molecule has 1 nitrogen and oxygen atoms in total. The van der Waals surface area contributed by atoms with Gasteiger partial charge in [0, 0.05) is 0 Å². The standard InChI is InChI=1S/C13H27N/c1-2-3-4-5-6-7-8-9-10-11-12-13-14/h7-8H,2-6,9-14H2,1H3. The summed E-state index contributed by atoms with van der Waals surface area (Å²) in [5, 5.41) is 0. The quantitative estimate of drug-likeness (QED) is 0.415. The molecule has 0 bridgehead atoms. The Balaban J connectivity index is 2.96. The maximum atomic E-state index is 5.42. The maximum Gasteiger partial charge on any atom is -0.00773 e. The van der Waals surface area contributed by atoms with Crippen LogP contribution in [-0.4, -0.2) is 6.54 Å². The molecule has 0 aliphatic heterocycles. The van der Waals surface area contributed by atoms with E-state index in [0.29, 0.717) is 0 Å². The summed E-state index contributed by atoms with van der Waals surface area (Å²) in [5.74, 6) is 0. The average molecular weight is 197 g/mol. The topological polar surface area (TPSA) is 26.0 Å². The molecule has 0 radical (unpaired) electrons. The van der Waals surface area contributed by atoms with Crippen molar-refractivity contribution in [3.8, 4) is 0 Å². The summed E-state index contributed by atoms with van der Waals surface area (Å²) in [6.07, 6.45) is 16.5. The van der Waals surface area contributed by atoms with Crippen molar-refractivity contribution in [2.45, 2.75) is 64.7 Å². The van der Waals surface area contributed by atoms with E-state index < -0.39 is 0 Å². The Kier molecular flexibility index (Phi) is 12.4. The molecular formula is C13H27N. The molecule has 0 atom stereocenters. The van der Waals surface area contributed by atoms with Crippen molar-refractivity contribution in [1.82, 2.24) is 0 Å². The fourth-order valence-electron chi connectivity index (χ4n) is 1.51. The van der Waals surface area contributed by atoms with Gasteiger partial charge in [-0.25, -0.2) is 0 Å². The largest absolute Gasteiger partial charge is 0.330 e. The van der Waals surface area contributed by atoms with Crippen LogP contribution in [0, 0.1) is 0 Å². The van der Waals surface area contributed by atoms with Crippen molar-refractivity contribution in [1.29, 1.82) is 0 Å². The van der Waals surface area contributed by atoms with E-state index in [2.05, 4.69) is 19.1 Å². The minimum atomic E-state index is 0.848. The smallest absolute Gasteiger partial charge is 0.00773 e. The van der Waals surface area contributed by atoms with E-state index in [0.717, 1.165) is 6.54 Å². The van der Waals surface area contributed by atoms with Gasteiger partial charge in [-0.3, -0.25) is 0 Å². The Bertz CT molecular complexity index is 104. The van der Waals surface area contributed by atoms with E-state index in [9.17, 15) is 0 Å². The van der Waals surface area contributed by atoms with Crippen LogP contribution in [0.1, 0.15) is 64.7 Å². The Morgan fingerprint density at radius 1 is 0.786 bits per heavy atom. The molecule has 0 rings (SSSR count). The molecular weight excluding hydrogens is 170 g/mol. The first-order chi connectivity index (χ1) is 6.91. The zero-order chi connectivity index (χ0) is 10.5. The second-order valence-corrected chi connectivity index (χ2v) is 3.96. The lowest BCUT2D eigenvalue weighted by molar-refractivity contribution is 0.670. The summed E-state index contributed by atoms with van der Waals surface area (Å²) in [4.78, 5) is 0. The van der Waals surface area contributed by atoms with E-state index in [-0.39, 0.29) is 0 Å². The zero-order valence-corrected chi connectivity index (χ0v) is 9.80. The summed E-state index contributed by atoms with van der Waals surface area (Å²) < 4.78 is 0. The molecule has 0 unspecified atom stereocenters. The van der Waals surface area contributed by atoms with E-state index in [4.69, 9.17) is 5.73 Å². The Labute approximate surface area is 89.8 Å². The van der Waals surface area contributed by atoms with Gasteiger partial charge in [0.2, 0.25) is 0 Å². The van der Waals surface area contributed by atoms with Gasteiger partial charge in [0.1, 0.15) is 0 Å². The highest BCUT2D eigenvalue weighted by atomic mass is 14.5. The normalized spacial score (nSPS) is 11.3. The molecule has 0 aliphatic carbocycles. The van der Waals surface area contributed by atoms with Crippen LogP contribution in [0.4, 0.5) is 0 Å². The SMILES string of the molecule is CCCCCCC=CCCCCCN. The third-order valence-electron chi connectivity index (χ3n) is 2.47. The molecule has 84 valence electrons. The molecule has 0 spiro atoms. The summed E-state index contributed by atoms with van der Waals surface area (Å²) in [6.45, 7) is 3.11. The predicted molar refractivity (Wildman–Crippen MR) is 65.4 cm³/mol. The third-order valence-corrected chi connectivity index (χ3v) is 2.47. The lowest BCUT2D eigenvalue weighted by Crippen LogP contribution is -1.97. The first kappa shape index (κ1) is 13.7. The molecule has 2 N–H and O–H groups in total. The van der Waals surface area contributed by atoms with Crippen molar-refractivity contribution in [2.75, 3.05) is 6.54 Å². The molecule has 1 heteroatoms. The molecule has 0 aromatic rings. The van der Waals surface area contributed by atoms with E-state index >= 15 is 0 Å². The van der Waals surface area contributed by atoms with Gasteiger partial charge in [-0.2, -0.15) is 0 Å². The van der Waals surface area contributed by atoms with Gasteiger partial charge in [-0.15, -0.1) is 0 Å². The van der Waals surface area contributed by atoms with Crippen molar-refractivity contribution < 1.29 is 0 Å². The van der Waals surface area contributed by atoms with Crippen molar-refractivity contribution in [3.05, 3.63) is 12.2 Å². The second kappa shape index (κ2) is 12.7. The number of nitrogens with two attached hydrogens (primary N) is 1. The summed E-state index contributed by atoms with van der Waals surface area (Å²) in [6, 6.07) is 0. The van der Waals surface area contributed by atoms with Crippen LogP contribution in [0.25, 0.3) is 0 Å². The number of hydrogen-bond acceptors (Lipinski definition) is 1. The lowest BCUT2D eigenvalue weighted by Gasteiger charge is -1.95. The zero-order valence-electron chi connectivity index (χ0n) is 9.80. The molecule has 0 amide bonds. The van der Waals surface area contributed by atoms with Crippen LogP contribution < -0.4 is 5.73 Å². The molecule has 0 aliphatic rings. The Morgan fingerprint density at radius 3 is 1.86 bits per heavy atom. The number of unbranched alkanes of at least 4 members (excludes halogenated alkanes) is 7. The highest BCUT2D eigenvalue weighted by Gasteiger charge is 1.86. The van der Waals surface area contributed by atoms with Gasteiger partial charge in [0.15, 0.2) is 0 Å². The molecule has 0 aromatic carbocycles. The molecule has 0 fully saturated rings. The minimum Gasteiger partial charge on any atom is -0.330 e. The van der Waals surface area contributed by atoms with Gasteiger partial charge in [-0.05, 0) is 38.6 Å². The molecule has 0 saturated carbocycles. The molecule has 0 aromatic heterocycles. The van der Waals surface area contributed by atoms with Crippen molar-refractivity contribution in [2.24, 2.45) is 5.73 Å². The monoisotopic (exact) mass is 197 g/mol. The van der Waals surface area contributed by atoms with E-state index in [1.165, 1.54) is 57.8 Å². The predicted octanol–water partition coefficient (Wildman–Crippen LogP) is 4.03. The van der Waals surface area contributed by atoms with Crippen molar-refractivity contribution in [3.63, 3.8) is 0 Å². The van der Waals surface area contributed by atoms with Gasteiger partial charge >= 0.3 is 0 Å². The fourth-order valence-corrected chi connectivity index (χ4v) is 1.51. The third kappa shape index (κ3) is 11.7. The summed E-state index contributed by atoms with van der Waals surface area (Å²) in [7, 11) is 0. The van der Waals surface area contributed by atoms with Gasteiger partial charge in [0.05, 0.1) is 0 Å². The van der Waals surface area contributed by atoms with E-state index in [1.54, 1.807) is 0 Å². The molecule has 0 saturated heterocycles. The average Bonchev–Trinajstić information content (AvgIpc) is 2.21. The maximum absolute atomic E-state index is 5.42. The Hall–Kier alpha value is -0.300. The van der Waals surface area contributed by atoms with Crippen LogP contribution in [0.3, 0.4) is 0 Å². The first-order valence-electron chi connectivity index (χ1n) is 6.27. The van der Waals surface area contributed by atoms with Crippen LogP contribution in [0.15, 0.2) is 12.2 Å². The highest BCUT2D eigenvalue weighted by molar-refractivity contribution is 4.81. The second-order valence-electron chi connectivity index (χ2n) is 3.96. The van der Waals surface area contributed by atoms with Crippen LogP contribution >= 0.6 is 0 Å². The number of hydrogen-bond donors (Lipinski definition) is 1. The molecule has 14 heavy (non-hydrogen) atoms. The Morgan fingerprint density at radius 2 is 1.36 bits per heavy atom. The van der Waals surface area contributed by atoms with Crippen LogP contribution in [-0.2, 0) is 0 Å². The lowest BCUT2D eigenvalue weighted by atomic mass is 10.1. The minimum absolute atomic E-state index is 0.848. The number of allylic oxidation sites excluding steroid dienone is 2. The van der Waals surface area contributed by atoms with Gasteiger partial charge in [-0.1, -0.05) is 44.8 Å². The fraction of sp³-hybridized carbons (Fsp3) is 0.846. The first-order valence-corrected chi connectivity index (χ1v) is 6.27. The van der Waals surface area contributed by atoms with Crippen molar-refractivity contribution >= 4 is 0 Å².